The van der Waals surface area contributed by atoms with Crippen LogP contribution in [0.4, 0.5) is 11.4 Å². The van der Waals surface area contributed by atoms with E-state index in [4.69, 9.17) is 5.10 Å². The van der Waals surface area contributed by atoms with Gasteiger partial charge in [0.05, 0.1) is 18.3 Å². The molecule has 0 bridgehead atoms. The number of benzene rings is 1. The molecule has 186 valence electrons. The van der Waals surface area contributed by atoms with E-state index in [1.807, 2.05) is 47.6 Å². The maximum Gasteiger partial charge on any atom is 0.201 e. The molecule has 1 unspecified atom stereocenters. The van der Waals surface area contributed by atoms with Gasteiger partial charge < -0.3 is 20.9 Å². The first-order chi connectivity index (χ1) is 18.3. The first-order valence-electron chi connectivity index (χ1n) is 12.5. The zero-order valence-electron chi connectivity index (χ0n) is 20.5. The molecule has 2 aliphatic heterocycles. The molecule has 3 aromatic heterocycles. The van der Waals surface area contributed by atoms with Gasteiger partial charge in [-0.05, 0) is 54.1 Å². The molecule has 1 aromatic carbocycles. The molecule has 0 amide bonds. The number of aliphatic imine (C=N–C) groups is 1. The van der Waals surface area contributed by atoms with Crippen molar-refractivity contribution < 1.29 is 0 Å². The number of anilines is 2. The summed E-state index contributed by atoms with van der Waals surface area (Å²) in [5, 5.41) is 15.3. The topological polar surface area (TPSA) is 95.3 Å². The first-order valence-corrected chi connectivity index (χ1v) is 12.5. The first kappa shape index (κ1) is 22.9. The Morgan fingerprint density at radius 3 is 2.51 bits per heavy atom. The van der Waals surface area contributed by atoms with Gasteiger partial charge in [0.2, 0.25) is 5.96 Å². The summed E-state index contributed by atoms with van der Waals surface area (Å²) < 4.78 is 1.96. The highest BCUT2D eigenvalue weighted by atomic mass is 15.3. The zero-order valence-corrected chi connectivity index (χ0v) is 20.5. The van der Waals surface area contributed by atoms with E-state index in [1.165, 1.54) is 5.69 Å². The van der Waals surface area contributed by atoms with Crippen LogP contribution < -0.4 is 20.9 Å². The lowest BCUT2D eigenvalue weighted by molar-refractivity contribution is 0.589. The van der Waals surface area contributed by atoms with Gasteiger partial charge in [-0.15, -0.1) is 0 Å². The number of piperazine rings is 1. The fraction of sp³-hybridized carbons (Fsp3) is 0.214. The predicted octanol–water partition coefficient (Wildman–Crippen LogP) is 3.42. The molecule has 0 radical (unpaired) electrons. The number of nitrogens with zero attached hydrogens (tertiary/aromatic N) is 6. The van der Waals surface area contributed by atoms with Crippen LogP contribution in [-0.2, 0) is 6.54 Å². The van der Waals surface area contributed by atoms with Crippen LogP contribution in [0.1, 0.15) is 17.2 Å². The fourth-order valence-electron chi connectivity index (χ4n) is 4.65. The Hall–Kier alpha value is -4.50. The highest BCUT2D eigenvalue weighted by Crippen LogP contribution is 2.29. The Morgan fingerprint density at radius 1 is 0.946 bits per heavy atom. The SMILES string of the molecule is C1=CC(c2cn(Cc3cccnc3)nc2-c2cccnc2)NC(Nc2ccc(N3CCNCC3)cc2)=N1. The van der Waals surface area contributed by atoms with Crippen molar-refractivity contribution >= 4 is 17.3 Å². The van der Waals surface area contributed by atoms with Crippen LogP contribution in [-0.4, -0.2) is 51.9 Å². The van der Waals surface area contributed by atoms with Crippen LogP contribution in [0.5, 0.6) is 0 Å². The molecule has 9 heteroatoms. The van der Waals surface area contributed by atoms with Gasteiger partial charge >= 0.3 is 0 Å². The highest BCUT2D eigenvalue weighted by molar-refractivity contribution is 5.95. The molecule has 1 fully saturated rings. The summed E-state index contributed by atoms with van der Waals surface area (Å²) in [5.41, 5.74) is 6.23. The van der Waals surface area contributed by atoms with Crippen LogP contribution in [0.2, 0.25) is 0 Å². The smallest absolute Gasteiger partial charge is 0.201 e. The van der Waals surface area contributed by atoms with Crippen molar-refractivity contribution in [1.82, 2.24) is 30.4 Å². The number of aromatic nitrogens is 4. The van der Waals surface area contributed by atoms with Crippen LogP contribution in [0, 0.1) is 0 Å². The summed E-state index contributed by atoms with van der Waals surface area (Å²) in [5.74, 6) is 0.694. The van der Waals surface area contributed by atoms with Crippen molar-refractivity contribution in [2.75, 3.05) is 36.4 Å². The molecular formula is C28H29N9. The van der Waals surface area contributed by atoms with Crippen molar-refractivity contribution in [1.29, 1.82) is 0 Å². The van der Waals surface area contributed by atoms with Crippen molar-refractivity contribution in [2.24, 2.45) is 4.99 Å². The Morgan fingerprint density at radius 2 is 1.76 bits per heavy atom. The highest BCUT2D eigenvalue weighted by Gasteiger charge is 2.22. The molecule has 0 aliphatic carbocycles. The molecule has 1 saturated heterocycles. The normalized spacial score (nSPS) is 17.2. The van der Waals surface area contributed by atoms with Gasteiger partial charge in [0.1, 0.15) is 0 Å². The molecule has 37 heavy (non-hydrogen) atoms. The summed E-state index contributed by atoms with van der Waals surface area (Å²) in [6, 6.07) is 16.4. The second kappa shape index (κ2) is 10.6. The van der Waals surface area contributed by atoms with E-state index < -0.39 is 0 Å². The second-order valence-electron chi connectivity index (χ2n) is 9.08. The fourth-order valence-corrected chi connectivity index (χ4v) is 4.65. The third-order valence-electron chi connectivity index (χ3n) is 6.51. The lowest BCUT2D eigenvalue weighted by Crippen LogP contribution is -2.43. The minimum absolute atomic E-state index is 0.0991. The van der Waals surface area contributed by atoms with Gasteiger partial charge in [-0.25, -0.2) is 4.99 Å². The van der Waals surface area contributed by atoms with E-state index in [9.17, 15) is 0 Å². The Labute approximate surface area is 216 Å². The minimum atomic E-state index is -0.0991. The minimum Gasteiger partial charge on any atom is -0.369 e. The lowest BCUT2D eigenvalue weighted by Gasteiger charge is -2.29. The quantitative estimate of drug-likeness (QED) is 0.380. The molecule has 1 atom stereocenters. The van der Waals surface area contributed by atoms with Gasteiger partial charge in [0.15, 0.2) is 0 Å². The molecule has 0 saturated carbocycles. The van der Waals surface area contributed by atoms with Gasteiger partial charge in [0.25, 0.3) is 0 Å². The third kappa shape index (κ3) is 5.36. The number of pyridine rings is 2. The van der Waals surface area contributed by atoms with E-state index >= 15 is 0 Å². The average Bonchev–Trinajstić information content (AvgIpc) is 3.39. The summed E-state index contributed by atoms with van der Waals surface area (Å²) >= 11 is 0. The third-order valence-corrected chi connectivity index (χ3v) is 6.51. The Balaban J connectivity index is 1.20. The van der Waals surface area contributed by atoms with Crippen LogP contribution in [0.3, 0.4) is 0 Å². The number of hydrogen-bond donors (Lipinski definition) is 3. The van der Waals surface area contributed by atoms with Crippen molar-refractivity contribution in [3.63, 3.8) is 0 Å². The summed E-state index contributed by atoms with van der Waals surface area (Å²) in [7, 11) is 0. The number of nitrogens with one attached hydrogen (secondary N) is 3. The van der Waals surface area contributed by atoms with E-state index in [0.29, 0.717) is 12.5 Å². The standard InChI is InChI=1S/C28H29N9/c1-3-21(17-30-10-1)19-37-20-25(27(35-37)22-4-2-11-31-18-22)26-9-12-32-28(34-26)33-23-5-7-24(8-6-23)36-15-13-29-14-16-36/h1-12,17-18,20,26,29H,13-16,19H2,(H2,32,33,34). The van der Waals surface area contributed by atoms with Gasteiger partial charge in [-0.1, -0.05) is 6.07 Å². The van der Waals surface area contributed by atoms with E-state index in [1.54, 1.807) is 12.4 Å². The van der Waals surface area contributed by atoms with Crippen LogP contribution >= 0.6 is 0 Å². The van der Waals surface area contributed by atoms with Crippen molar-refractivity contribution in [2.45, 2.75) is 12.6 Å². The van der Waals surface area contributed by atoms with Crippen molar-refractivity contribution in [3.05, 3.63) is 103 Å². The average molecular weight is 492 g/mol. The Bertz CT molecular complexity index is 1370. The lowest BCUT2D eigenvalue weighted by atomic mass is 10.0. The predicted molar refractivity (Wildman–Crippen MR) is 146 cm³/mol. The van der Waals surface area contributed by atoms with E-state index in [2.05, 4.69) is 72.3 Å². The van der Waals surface area contributed by atoms with Crippen LogP contribution in [0.25, 0.3) is 11.3 Å². The molecule has 9 nitrogen and oxygen atoms in total. The molecule has 4 aromatic rings. The molecule has 3 N–H and O–H groups in total. The number of rotatable bonds is 6. The number of guanidine groups is 1. The summed E-state index contributed by atoms with van der Waals surface area (Å²) in [6.45, 7) is 4.74. The van der Waals surface area contributed by atoms with Gasteiger partial charge in [-0.2, -0.15) is 5.10 Å². The summed E-state index contributed by atoms with van der Waals surface area (Å²) in [6.07, 6.45) is 13.2. The van der Waals surface area contributed by atoms with Crippen LogP contribution in [0.15, 0.2) is 96.8 Å². The molecule has 5 heterocycles. The number of hydrogen-bond acceptors (Lipinski definition) is 8. The van der Waals surface area contributed by atoms with Gasteiger partial charge in [-0.3, -0.25) is 14.6 Å². The van der Waals surface area contributed by atoms with E-state index in [0.717, 1.165) is 54.3 Å². The zero-order chi connectivity index (χ0) is 24.9. The van der Waals surface area contributed by atoms with Gasteiger partial charge in [0, 0.05) is 85.9 Å². The Kier molecular flexibility index (Phi) is 6.59. The second-order valence-corrected chi connectivity index (χ2v) is 9.08. The molecule has 2 aliphatic rings. The molecular weight excluding hydrogens is 462 g/mol. The van der Waals surface area contributed by atoms with Crippen molar-refractivity contribution in [3.8, 4) is 11.3 Å². The van der Waals surface area contributed by atoms with E-state index in [-0.39, 0.29) is 6.04 Å². The molecule has 0 spiro atoms. The largest absolute Gasteiger partial charge is 0.369 e. The maximum atomic E-state index is 4.92. The summed E-state index contributed by atoms with van der Waals surface area (Å²) in [4.78, 5) is 15.5. The monoisotopic (exact) mass is 491 g/mol. The maximum absolute atomic E-state index is 4.92. The molecule has 6 rings (SSSR count).